The maximum Gasteiger partial charge on any atom is 0.318 e. The SMILES string of the molecule is CO[C@H]1C[C@H](c2nc(C)no2)N(C(=O)N[C@@H]2CC[C@@H](C)[C@H](C)C2)C1. The van der Waals surface area contributed by atoms with Gasteiger partial charge >= 0.3 is 6.03 Å². The van der Waals surface area contributed by atoms with Crippen molar-refractivity contribution in [1.29, 1.82) is 0 Å². The summed E-state index contributed by atoms with van der Waals surface area (Å²) < 4.78 is 10.8. The Morgan fingerprint density at radius 2 is 2.08 bits per heavy atom. The Hall–Kier alpha value is -1.63. The first kappa shape index (κ1) is 17.2. The van der Waals surface area contributed by atoms with Gasteiger partial charge in [0.2, 0.25) is 5.89 Å². The lowest BCUT2D eigenvalue weighted by Gasteiger charge is -2.34. The molecule has 5 atom stereocenters. The minimum absolute atomic E-state index is 0.00161. The van der Waals surface area contributed by atoms with Crippen LogP contribution in [0.15, 0.2) is 4.52 Å². The lowest BCUT2D eigenvalue weighted by atomic mass is 9.79. The van der Waals surface area contributed by atoms with E-state index in [1.165, 1.54) is 6.42 Å². The summed E-state index contributed by atoms with van der Waals surface area (Å²) in [5, 5.41) is 7.06. The zero-order valence-electron chi connectivity index (χ0n) is 15.0. The molecular formula is C17H28N4O3. The van der Waals surface area contributed by atoms with E-state index in [1.54, 1.807) is 18.9 Å². The molecule has 1 aromatic rings. The number of methoxy groups -OCH3 is 1. The number of hydrogen-bond donors (Lipinski definition) is 1. The fraction of sp³-hybridized carbons (Fsp3) is 0.824. The normalized spacial score (nSPS) is 33.7. The Balaban J connectivity index is 1.67. The predicted octanol–water partition coefficient (Wildman–Crippen LogP) is 2.67. The van der Waals surface area contributed by atoms with Gasteiger partial charge in [-0.3, -0.25) is 0 Å². The molecule has 0 unspecified atom stereocenters. The lowest BCUT2D eigenvalue weighted by molar-refractivity contribution is 0.109. The quantitative estimate of drug-likeness (QED) is 0.918. The average Bonchev–Trinajstić information content (AvgIpc) is 3.16. The number of nitrogens with zero attached hydrogens (tertiary/aromatic N) is 3. The molecule has 1 N–H and O–H groups in total. The van der Waals surface area contributed by atoms with Gasteiger partial charge in [-0.1, -0.05) is 19.0 Å². The van der Waals surface area contributed by atoms with Gasteiger partial charge in [-0.2, -0.15) is 4.98 Å². The van der Waals surface area contributed by atoms with Crippen LogP contribution >= 0.6 is 0 Å². The standard InChI is InChI=1S/C17H28N4O3/c1-10-5-6-13(7-11(10)2)19-17(22)21-9-14(23-4)8-15(21)16-18-12(3)20-24-16/h10-11,13-15H,5-9H2,1-4H3,(H,19,22)/t10-,11-,13-,14+,15-/m1/s1. The van der Waals surface area contributed by atoms with E-state index in [-0.39, 0.29) is 24.2 Å². The highest BCUT2D eigenvalue weighted by Gasteiger charge is 2.40. The van der Waals surface area contributed by atoms with E-state index in [0.29, 0.717) is 30.6 Å². The number of carbonyl (C=O) groups excluding carboxylic acids is 1. The van der Waals surface area contributed by atoms with Crippen molar-refractivity contribution in [1.82, 2.24) is 20.4 Å². The predicted molar refractivity (Wildman–Crippen MR) is 88.4 cm³/mol. The molecule has 2 fully saturated rings. The van der Waals surface area contributed by atoms with Crippen molar-refractivity contribution in [2.24, 2.45) is 11.8 Å². The highest BCUT2D eigenvalue weighted by Crippen LogP contribution is 2.33. The van der Waals surface area contributed by atoms with Gasteiger partial charge in [0.05, 0.1) is 6.10 Å². The number of urea groups is 1. The Labute approximate surface area is 143 Å². The summed E-state index contributed by atoms with van der Waals surface area (Å²) in [7, 11) is 1.67. The first-order chi connectivity index (χ1) is 11.5. The minimum atomic E-state index is -0.212. The van der Waals surface area contributed by atoms with Crippen LogP contribution in [0, 0.1) is 18.8 Å². The van der Waals surface area contributed by atoms with Gasteiger partial charge in [-0.15, -0.1) is 0 Å². The first-order valence-electron chi connectivity index (χ1n) is 8.88. The van der Waals surface area contributed by atoms with E-state index in [2.05, 4.69) is 29.3 Å². The number of ether oxygens (including phenoxy) is 1. The molecule has 2 heterocycles. The van der Waals surface area contributed by atoms with E-state index in [9.17, 15) is 4.79 Å². The molecule has 0 radical (unpaired) electrons. The Bertz CT molecular complexity index is 576. The van der Waals surface area contributed by atoms with E-state index >= 15 is 0 Å². The number of hydrogen-bond acceptors (Lipinski definition) is 5. The second-order valence-electron chi connectivity index (χ2n) is 7.36. The zero-order chi connectivity index (χ0) is 17.3. The Morgan fingerprint density at radius 3 is 2.71 bits per heavy atom. The van der Waals surface area contributed by atoms with Crippen molar-refractivity contribution in [3.8, 4) is 0 Å². The first-order valence-corrected chi connectivity index (χ1v) is 8.88. The van der Waals surface area contributed by atoms with E-state index in [1.807, 2.05) is 0 Å². The lowest BCUT2D eigenvalue weighted by Crippen LogP contribution is -2.47. The summed E-state index contributed by atoms with van der Waals surface area (Å²) in [4.78, 5) is 18.9. The van der Waals surface area contributed by atoms with Gasteiger partial charge in [0.1, 0.15) is 6.04 Å². The molecule has 0 spiro atoms. The molecule has 0 bridgehead atoms. The van der Waals surface area contributed by atoms with Gasteiger partial charge in [0.25, 0.3) is 0 Å². The largest absolute Gasteiger partial charge is 0.380 e. The molecule has 1 saturated heterocycles. The molecule has 1 aromatic heterocycles. The second kappa shape index (κ2) is 7.09. The summed E-state index contributed by atoms with van der Waals surface area (Å²) in [5.41, 5.74) is 0. The van der Waals surface area contributed by atoms with Crippen LogP contribution < -0.4 is 5.32 Å². The Kier molecular flexibility index (Phi) is 5.08. The van der Waals surface area contributed by atoms with Crippen LogP contribution in [0.4, 0.5) is 4.79 Å². The van der Waals surface area contributed by atoms with Gasteiger partial charge in [0.15, 0.2) is 5.82 Å². The third kappa shape index (κ3) is 3.55. The summed E-state index contributed by atoms with van der Waals surface area (Å²) in [6, 6.07) is -0.0198. The number of aryl methyl sites for hydroxylation is 1. The Morgan fingerprint density at radius 1 is 1.29 bits per heavy atom. The molecule has 1 aliphatic carbocycles. The van der Waals surface area contributed by atoms with E-state index in [0.717, 1.165) is 18.8 Å². The van der Waals surface area contributed by atoms with Crippen LogP contribution in [0.25, 0.3) is 0 Å². The van der Waals surface area contributed by atoms with Gasteiger partial charge in [-0.05, 0) is 38.0 Å². The summed E-state index contributed by atoms with van der Waals surface area (Å²) in [5.74, 6) is 2.45. The van der Waals surface area contributed by atoms with Gasteiger partial charge in [-0.25, -0.2) is 4.79 Å². The van der Waals surface area contributed by atoms with Crippen molar-refractivity contribution >= 4 is 6.03 Å². The van der Waals surface area contributed by atoms with E-state index < -0.39 is 0 Å². The molecular weight excluding hydrogens is 308 g/mol. The van der Waals surface area contributed by atoms with Crippen molar-refractivity contribution in [3.05, 3.63) is 11.7 Å². The molecule has 134 valence electrons. The molecule has 2 amide bonds. The average molecular weight is 336 g/mol. The fourth-order valence-corrected chi connectivity index (χ4v) is 3.81. The highest BCUT2D eigenvalue weighted by molar-refractivity contribution is 5.75. The number of nitrogens with one attached hydrogen (secondary N) is 1. The van der Waals surface area contributed by atoms with Crippen molar-refractivity contribution in [3.63, 3.8) is 0 Å². The van der Waals surface area contributed by atoms with E-state index in [4.69, 9.17) is 9.26 Å². The zero-order valence-corrected chi connectivity index (χ0v) is 15.0. The number of amides is 2. The second-order valence-corrected chi connectivity index (χ2v) is 7.36. The molecule has 1 saturated carbocycles. The van der Waals surface area contributed by atoms with Crippen LogP contribution in [0.3, 0.4) is 0 Å². The molecule has 24 heavy (non-hydrogen) atoms. The molecule has 3 rings (SSSR count). The number of rotatable bonds is 3. The summed E-state index contributed by atoms with van der Waals surface area (Å²) in [6.07, 6.45) is 3.93. The third-order valence-corrected chi connectivity index (χ3v) is 5.61. The number of likely N-dealkylation sites (tertiary alicyclic amines) is 1. The molecule has 2 aliphatic rings. The summed E-state index contributed by atoms with van der Waals surface area (Å²) in [6.45, 7) is 6.89. The van der Waals surface area contributed by atoms with Crippen molar-refractivity contribution < 1.29 is 14.1 Å². The maximum absolute atomic E-state index is 12.8. The van der Waals surface area contributed by atoms with Crippen LogP contribution in [0.5, 0.6) is 0 Å². The van der Waals surface area contributed by atoms with Crippen LogP contribution in [0.2, 0.25) is 0 Å². The minimum Gasteiger partial charge on any atom is -0.380 e. The monoisotopic (exact) mass is 336 g/mol. The van der Waals surface area contributed by atoms with Crippen LogP contribution in [0.1, 0.15) is 57.3 Å². The van der Waals surface area contributed by atoms with Gasteiger partial charge in [0, 0.05) is 26.1 Å². The fourth-order valence-electron chi connectivity index (χ4n) is 3.81. The smallest absolute Gasteiger partial charge is 0.318 e. The molecule has 0 aromatic carbocycles. The van der Waals surface area contributed by atoms with Gasteiger partial charge < -0.3 is 19.5 Å². The topological polar surface area (TPSA) is 80.5 Å². The third-order valence-electron chi connectivity index (χ3n) is 5.61. The number of aromatic nitrogens is 2. The van der Waals surface area contributed by atoms with Crippen LogP contribution in [-0.2, 0) is 4.74 Å². The van der Waals surface area contributed by atoms with Crippen LogP contribution in [-0.4, -0.2) is 46.9 Å². The molecule has 1 aliphatic heterocycles. The number of carbonyl (C=O) groups is 1. The summed E-state index contributed by atoms with van der Waals surface area (Å²) >= 11 is 0. The highest BCUT2D eigenvalue weighted by atomic mass is 16.5. The van der Waals surface area contributed by atoms with Crippen molar-refractivity contribution in [2.45, 2.75) is 64.6 Å². The molecule has 7 nitrogen and oxygen atoms in total. The van der Waals surface area contributed by atoms with Crippen molar-refractivity contribution in [2.75, 3.05) is 13.7 Å². The molecule has 7 heteroatoms. The maximum atomic E-state index is 12.8.